The molecular weight excluding hydrogens is 354 g/mol. The van der Waals surface area contributed by atoms with Gasteiger partial charge in [0.25, 0.3) is 0 Å². The van der Waals surface area contributed by atoms with E-state index in [1.54, 1.807) is 18.2 Å². The molecule has 0 aliphatic carbocycles. The fourth-order valence-electron chi connectivity index (χ4n) is 2.30. The number of rotatable bonds is 5. The maximum Gasteiger partial charge on any atom is 0.244 e. The van der Waals surface area contributed by atoms with Crippen molar-refractivity contribution in [3.63, 3.8) is 0 Å². The Hall–Kier alpha value is -1.96. The maximum absolute atomic E-state index is 12.5. The van der Waals surface area contributed by atoms with Crippen LogP contribution in [0.15, 0.2) is 47.4 Å². The minimum Gasteiger partial charge on any atom is -0.495 e. The quantitative estimate of drug-likeness (QED) is 0.876. The van der Waals surface area contributed by atoms with Crippen LogP contribution in [0.5, 0.6) is 17.2 Å². The molecule has 0 unspecified atom stereocenters. The molecular formula is C16H16ClNO5S. The average Bonchev–Trinajstić information content (AvgIpc) is 2.60. The van der Waals surface area contributed by atoms with Crippen LogP contribution >= 0.6 is 11.6 Å². The molecule has 1 N–H and O–H groups in total. The molecule has 1 atom stereocenters. The molecule has 2 aromatic rings. The van der Waals surface area contributed by atoms with E-state index in [2.05, 4.69) is 4.72 Å². The summed E-state index contributed by atoms with van der Waals surface area (Å²) < 4.78 is 43.9. The summed E-state index contributed by atoms with van der Waals surface area (Å²) in [5, 5.41) is 0.308. The molecule has 24 heavy (non-hydrogen) atoms. The van der Waals surface area contributed by atoms with Crippen LogP contribution in [-0.4, -0.2) is 34.8 Å². The van der Waals surface area contributed by atoms with Crippen molar-refractivity contribution in [1.29, 1.82) is 0 Å². The van der Waals surface area contributed by atoms with Crippen molar-refractivity contribution in [1.82, 2.24) is 4.72 Å². The highest BCUT2D eigenvalue weighted by Gasteiger charge is 2.25. The van der Waals surface area contributed by atoms with Crippen molar-refractivity contribution in [3.8, 4) is 17.2 Å². The number of nitrogens with one attached hydrogen (secondary N) is 1. The second kappa shape index (κ2) is 6.88. The van der Waals surface area contributed by atoms with Gasteiger partial charge in [0, 0.05) is 5.02 Å². The van der Waals surface area contributed by atoms with E-state index in [9.17, 15) is 8.42 Å². The Balaban J connectivity index is 1.72. The molecule has 0 fully saturated rings. The van der Waals surface area contributed by atoms with Gasteiger partial charge in [0.05, 0.1) is 13.7 Å². The number of benzene rings is 2. The Labute approximate surface area is 145 Å². The molecule has 0 saturated carbocycles. The molecule has 0 spiro atoms. The number of ether oxygens (including phenoxy) is 3. The number of hydrogen-bond donors (Lipinski definition) is 1. The van der Waals surface area contributed by atoms with Crippen LogP contribution < -0.4 is 18.9 Å². The smallest absolute Gasteiger partial charge is 0.244 e. The minimum absolute atomic E-state index is 0.0189. The van der Waals surface area contributed by atoms with Gasteiger partial charge in [-0.05, 0) is 30.3 Å². The summed E-state index contributed by atoms with van der Waals surface area (Å²) in [6.45, 7) is 0.318. The van der Waals surface area contributed by atoms with Crippen molar-refractivity contribution in [2.45, 2.75) is 11.0 Å². The first kappa shape index (κ1) is 16.9. The first-order valence-corrected chi connectivity index (χ1v) is 9.07. The predicted octanol–water partition coefficient (Wildman–Crippen LogP) is 2.47. The number of methoxy groups -OCH3 is 1. The monoisotopic (exact) mass is 369 g/mol. The van der Waals surface area contributed by atoms with Gasteiger partial charge < -0.3 is 14.2 Å². The lowest BCUT2D eigenvalue weighted by molar-refractivity contribution is 0.0943. The first-order chi connectivity index (χ1) is 11.5. The van der Waals surface area contributed by atoms with E-state index >= 15 is 0 Å². The SMILES string of the molecule is COc1ccc(Cl)cc1S(=O)(=O)NC[C@@H]1COc2ccccc2O1. The lowest BCUT2D eigenvalue weighted by Crippen LogP contribution is -2.40. The molecule has 0 aromatic heterocycles. The number of para-hydroxylation sites is 2. The topological polar surface area (TPSA) is 73.9 Å². The summed E-state index contributed by atoms with van der Waals surface area (Å²) >= 11 is 5.89. The molecule has 0 radical (unpaired) electrons. The summed E-state index contributed by atoms with van der Waals surface area (Å²) in [6, 6.07) is 11.7. The Morgan fingerprint density at radius 3 is 2.75 bits per heavy atom. The van der Waals surface area contributed by atoms with Crippen molar-refractivity contribution < 1.29 is 22.6 Å². The summed E-state index contributed by atoms with van der Waals surface area (Å²) in [4.78, 5) is -0.0189. The van der Waals surface area contributed by atoms with Gasteiger partial charge >= 0.3 is 0 Å². The van der Waals surface area contributed by atoms with Crippen LogP contribution in [0, 0.1) is 0 Å². The predicted molar refractivity (Wildman–Crippen MR) is 89.5 cm³/mol. The molecule has 3 rings (SSSR count). The third-order valence-electron chi connectivity index (χ3n) is 3.48. The fraction of sp³-hybridized carbons (Fsp3) is 0.250. The largest absolute Gasteiger partial charge is 0.495 e. The molecule has 8 heteroatoms. The van der Waals surface area contributed by atoms with Crippen molar-refractivity contribution in [3.05, 3.63) is 47.5 Å². The number of hydrogen-bond acceptors (Lipinski definition) is 5. The second-order valence-corrected chi connectivity index (χ2v) is 7.32. The molecule has 2 aromatic carbocycles. The van der Waals surface area contributed by atoms with Gasteiger partial charge in [-0.2, -0.15) is 0 Å². The van der Waals surface area contributed by atoms with Crippen molar-refractivity contribution in [2.75, 3.05) is 20.3 Å². The second-order valence-electron chi connectivity index (χ2n) is 5.14. The lowest BCUT2D eigenvalue weighted by atomic mass is 10.2. The highest BCUT2D eigenvalue weighted by atomic mass is 35.5. The molecule has 0 amide bonds. The maximum atomic E-state index is 12.5. The number of halogens is 1. The number of fused-ring (bicyclic) bond motifs is 1. The van der Waals surface area contributed by atoms with Gasteiger partial charge in [-0.15, -0.1) is 0 Å². The summed E-state index contributed by atoms with van der Waals surface area (Å²) in [5.74, 6) is 1.46. The van der Waals surface area contributed by atoms with E-state index < -0.39 is 16.1 Å². The molecule has 0 bridgehead atoms. The Bertz CT molecular complexity index is 840. The number of sulfonamides is 1. The van der Waals surface area contributed by atoms with E-state index in [1.165, 1.54) is 19.2 Å². The zero-order chi connectivity index (χ0) is 17.2. The molecule has 0 saturated heterocycles. The van der Waals surface area contributed by atoms with E-state index in [4.69, 9.17) is 25.8 Å². The van der Waals surface area contributed by atoms with Crippen LogP contribution in [0.4, 0.5) is 0 Å². The summed E-state index contributed by atoms with van der Waals surface area (Å²) in [7, 11) is -2.40. The summed E-state index contributed by atoms with van der Waals surface area (Å²) in [6.07, 6.45) is -0.431. The summed E-state index contributed by atoms with van der Waals surface area (Å²) in [5.41, 5.74) is 0. The Morgan fingerprint density at radius 2 is 2.00 bits per heavy atom. The molecule has 6 nitrogen and oxygen atoms in total. The van der Waals surface area contributed by atoms with Crippen molar-refractivity contribution >= 4 is 21.6 Å². The van der Waals surface area contributed by atoms with E-state index in [1.807, 2.05) is 12.1 Å². The van der Waals surface area contributed by atoms with Crippen LogP contribution in [0.3, 0.4) is 0 Å². The third kappa shape index (κ3) is 3.58. The van der Waals surface area contributed by atoms with Crippen LogP contribution in [-0.2, 0) is 10.0 Å². The van der Waals surface area contributed by atoms with Gasteiger partial charge in [0.1, 0.15) is 23.4 Å². The average molecular weight is 370 g/mol. The Kier molecular flexibility index (Phi) is 4.84. The van der Waals surface area contributed by atoms with Crippen LogP contribution in [0.25, 0.3) is 0 Å². The third-order valence-corrected chi connectivity index (χ3v) is 5.16. The van der Waals surface area contributed by atoms with E-state index in [0.29, 0.717) is 16.5 Å². The van der Waals surface area contributed by atoms with Crippen molar-refractivity contribution in [2.24, 2.45) is 0 Å². The normalized spacial score (nSPS) is 16.7. The Morgan fingerprint density at radius 1 is 1.25 bits per heavy atom. The molecule has 1 aliphatic heterocycles. The molecule has 1 aliphatic rings. The van der Waals surface area contributed by atoms with Crippen LogP contribution in [0.2, 0.25) is 5.02 Å². The first-order valence-electron chi connectivity index (χ1n) is 7.21. The van der Waals surface area contributed by atoms with Gasteiger partial charge in [-0.25, -0.2) is 13.1 Å². The zero-order valence-electron chi connectivity index (χ0n) is 12.9. The lowest BCUT2D eigenvalue weighted by Gasteiger charge is -2.26. The highest BCUT2D eigenvalue weighted by molar-refractivity contribution is 7.89. The fourth-order valence-corrected chi connectivity index (χ4v) is 3.80. The molecule has 128 valence electrons. The standard InChI is InChI=1S/C16H16ClNO5S/c1-21-15-7-6-11(17)8-16(15)24(19,20)18-9-12-10-22-13-4-2-3-5-14(13)23-12/h2-8,12,18H,9-10H2,1H3/t12-/m1/s1. The van der Waals surface area contributed by atoms with Gasteiger partial charge in [0.15, 0.2) is 11.5 Å². The zero-order valence-corrected chi connectivity index (χ0v) is 14.4. The molecule has 1 heterocycles. The van der Waals surface area contributed by atoms with Crippen LogP contribution in [0.1, 0.15) is 0 Å². The van der Waals surface area contributed by atoms with Gasteiger partial charge in [-0.3, -0.25) is 0 Å². The van der Waals surface area contributed by atoms with Gasteiger partial charge in [-0.1, -0.05) is 23.7 Å². The van der Waals surface area contributed by atoms with E-state index in [0.717, 1.165) is 0 Å². The highest BCUT2D eigenvalue weighted by Crippen LogP contribution is 2.31. The van der Waals surface area contributed by atoms with E-state index in [-0.39, 0.29) is 23.8 Å². The van der Waals surface area contributed by atoms with Gasteiger partial charge in [0.2, 0.25) is 10.0 Å². The minimum atomic E-state index is -3.80.